The van der Waals surface area contributed by atoms with Crippen LogP contribution in [0.5, 0.6) is 5.75 Å². The van der Waals surface area contributed by atoms with Crippen molar-refractivity contribution in [1.82, 2.24) is 0 Å². The van der Waals surface area contributed by atoms with Gasteiger partial charge in [0.05, 0.1) is 24.7 Å². The molecular weight excluding hydrogens is 421 g/mol. The molecule has 8 heteroatoms. The Kier molecular flexibility index (Phi) is 7.92. The highest BCUT2D eigenvalue weighted by Gasteiger charge is 2.36. The van der Waals surface area contributed by atoms with Gasteiger partial charge in [-0.1, -0.05) is 12.1 Å². The largest absolute Gasteiger partial charge is 0.490 e. The fourth-order valence-corrected chi connectivity index (χ4v) is 4.57. The summed E-state index contributed by atoms with van der Waals surface area (Å²) in [5.41, 5.74) is 2.43. The lowest BCUT2D eigenvalue weighted by Gasteiger charge is -2.27. The standard InChI is InChI=1S/C23H26FNO5S/c1-4-28-12-13-30-21-15(3)19(11-10-18(21)23(27)29-5-2)25-20(26)14-31-22(25)16-6-8-17(24)9-7-16/h6-11,22H,4-5,12-14H2,1-3H3. The molecule has 0 bridgehead atoms. The number of carbonyl (C=O) groups is 2. The van der Waals surface area contributed by atoms with Crippen LogP contribution < -0.4 is 9.64 Å². The number of benzene rings is 2. The number of esters is 1. The Balaban J connectivity index is 1.99. The molecule has 1 unspecified atom stereocenters. The lowest BCUT2D eigenvalue weighted by molar-refractivity contribution is -0.115. The molecule has 0 saturated carbocycles. The highest BCUT2D eigenvalue weighted by molar-refractivity contribution is 8.00. The number of anilines is 1. The zero-order chi connectivity index (χ0) is 22.4. The van der Waals surface area contributed by atoms with Crippen LogP contribution in [0, 0.1) is 12.7 Å². The van der Waals surface area contributed by atoms with Gasteiger partial charge in [0, 0.05) is 12.2 Å². The molecule has 1 heterocycles. The van der Waals surface area contributed by atoms with Gasteiger partial charge in [-0.2, -0.15) is 0 Å². The minimum absolute atomic E-state index is 0.0634. The minimum Gasteiger partial charge on any atom is -0.490 e. The van der Waals surface area contributed by atoms with Crippen molar-refractivity contribution in [2.24, 2.45) is 0 Å². The van der Waals surface area contributed by atoms with Gasteiger partial charge in [-0.05, 0) is 50.6 Å². The van der Waals surface area contributed by atoms with Crippen molar-refractivity contribution in [2.75, 3.05) is 37.1 Å². The van der Waals surface area contributed by atoms with Gasteiger partial charge in [-0.15, -0.1) is 11.8 Å². The summed E-state index contributed by atoms with van der Waals surface area (Å²) in [4.78, 5) is 26.9. The second kappa shape index (κ2) is 10.6. The summed E-state index contributed by atoms with van der Waals surface area (Å²) in [6.45, 7) is 6.88. The van der Waals surface area contributed by atoms with E-state index in [0.29, 0.717) is 41.5 Å². The molecular formula is C23H26FNO5S. The van der Waals surface area contributed by atoms with Crippen LogP contribution in [0.15, 0.2) is 36.4 Å². The van der Waals surface area contributed by atoms with E-state index in [1.165, 1.54) is 23.9 Å². The summed E-state index contributed by atoms with van der Waals surface area (Å²) in [7, 11) is 0. The van der Waals surface area contributed by atoms with Gasteiger partial charge >= 0.3 is 5.97 Å². The second-order valence-corrected chi connectivity index (χ2v) is 7.90. The van der Waals surface area contributed by atoms with Crippen LogP contribution in [0.3, 0.4) is 0 Å². The molecule has 0 aromatic heterocycles. The zero-order valence-electron chi connectivity index (χ0n) is 17.9. The summed E-state index contributed by atoms with van der Waals surface area (Å²) < 4.78 is 29.8. The van der Waals surface area contributed by atoms with Crippen LogP contribution in [0.25, 0.3) is 0 Å². The number of rotatable bonds is 9. The molecule has 0 aliphatic carbocycles. The summed E-state index contributed by atoms with van der Waals surface area (Å²) >= 11 is 1.47. The summed E-state index contributed by atoms with van der Waals surface area (Å²) in [6, 6.07) is 9.48. The molecule has 0 spiro atoms. The first-order valence-electron chi connectivity index (χ1n) is 10.2. The van der Waals surface area contributed by atoms with Gasteiger partial charge in [0.25, 0.3) is 0 Å². The van der Waals surface area contributed by atoms with Crippen LogP contribution >= 0.6 is 11.8 Å². The van der Waals surface area contributed by atoms with Crippen LogP contribution in [0.1, 0.15) is 40.7 Å². The number of ether oxygens (including phenoxy) is 3. The van der Waals surface area contributed by atoms with Gasteiger partial charge < -0.3 is 14.2 Å². The molecule has 1 aliphatic heterocycles. The maximum absolute atomic E-state index is 13.4. The van der Waals surface area contributed by atoms with Crippen molar-refractivity contribution in [2.45, 2.75) is 26.1 Å². The normalized spacial score (nSPS) is 15.9. The zero-order valence-corrected chi connectivity index (χ0v) is 18.7. The highest BCUT2D eigenvalue weighted by atomic mass is 32.2. The first-order valence-corrected chi connectivity index (χ1v) is 11.2. The third-order valence-electron chi connectivity index (χ3n) is 4.83. The molecule has 0 N–H and O–H groups in total. The third-order valence-corrected chi connectivity index (χ3v) is 6.05. The maximum Gasteiger partial charge on any atom is 0.341 e. The molecule has 2 aromatic carbocycles. The van der Waals surface area contributed by atoms with Gasteiger partial charge in [-0.3, -0.25) is 9.69 Å². The SMILES string of the molecule is CCOCCOc1c(C(=O)OCC)ccc(N2C(=O)CSC2c2ccc(F)cc2)c1C. The summed E-state index contributed by atoms with van der Waals surface area (Å²) in [5, 5.41) is -0.295. The number of hydrogen-bond donors (Lipinski definition) is 0. The van der Waals surface area contributed by atoms with E-state index in [9.17, 15) is 14.0 Å². The van der Waals surface area contributed by atoms with Crippen LogP contribution in [0.4, 0.5) is 10.1 Å². The topological polar surface area (TPSA) is 65.1 Å². The minimum atomic E-state index is -0.485. The van der Waals surface area contributed by atoms with Crippen molar-refractivity contribution in [1.29, 1.82) is 0 Å². The molecule has 1 saturated heterocycles. The lowest BCUT2D eigenvalue weighted by atomic mass is 10.1. The van der Waals surface area contributed by atoms with E-state index in [-0.39, 0.29) is 30.3 Å². The predicted molar refractivity (Wildman–Crippen MR) is 118 cm³/mol. The number of hydrogen-bond acceptors (Lipinski definition) is 6. The summed E-state index contributed by atoms with van der Waals surface area (Å²) in [6.07, 6.45) is 0. The molecule has 1 atom stereocenters. The molecule has 1 fully saturated rings. The maximum atomic E-state index is 13.4. The van der Waals surface area contributed by atoms with Crippen molar-refractivity contribution in [3.05, 3.63) is 58.9 Å². The lowest BCUT2D eigenvalue weighted by Crippen LogP contribution is -2.29. The first-order chi connectivity index (χ1) is 15.0. The molecule has 3 rings (SSSR count). The van der Waals surface area contributed by atoms with E-state index in [2.05, 4.69) is 0 Å². The van der Waals surface area contributed by atoms with Gasteiger partial charge in [-0.25, -0.2) is 9.18 Å². The van der Waals surface area contributed by atoms with Gasteiger partial charge in [0.15, 0.2) is 0 Å². The Morgan fingerprint density at radius 3 is 2.55 bits per heavy atom. The molecule has 166 valence electrons. The molecule has 31 heavy (non-hydrogen) atoms. The van der Waals surface area contributed by atoms with E-state index < -0.39 is 5.97 Å². The molecule has 2 aromatic rings. The van der Waals surface area contributed by atoms with E-state index >= 15 is 0 Å². The number of halogens is 1. The Hall–Kier alpha value is -2.58. The molecule has 6 nitrogen and oxygen atoms in total. The summed E-state index contributed by atoms with van der Waals surface area (Å²) in [5.74, 6) is -0.197. The average molecular weight is 448 g/mol. The van der Waals surface area contributed by atoms with Gasteiger partial charge in [0.2, 0.25) is 5.91 Å². The number of thioether (sulfide) groups is 1. The monoisotopic (exact) mass is 447 g/mol. The second-order valence-electron chi connectivity index (χ2n) is 6.83. The third kappa shape index (κ3) is 5.19. The number of carbonyl (C=O) groups excluding carboxylic acids is 2. The Labute approximate surface area is 185 Å². The Morgan fingerprint density at radius 1 is 1.13 bits per heavy atom. The Morgan fingerprint density at radius 2 is 1.87 bits per heavy atom. The molecule has 1 amide bonds. The van der Waals surface area contributed by atoms with E-state index in [1.807, 2.05) is 13.8 Å². The van der Waals surface area contributed by atoms with E-state index in [1.54, 1.807) is 36.1 Å². The van der Waals surface area contributed by atoms with Crippen LogP contribution in [-0.4, -0.2) is 44.1 Å². The van der Waals surface area contributed by atoms with E-state index in [4.69, 9.17) is 14.2 Å². The van der Waals surface area contributed by atoms with Crippen LogP contribution in [0.2, 0.25) is 0 Å². The van der Waals surface area contributed by atoms with Crippen molar-refractivity contribution >= 4 is 29.3 Å². The smallest absolute Gasteiger partial charge is 0.341 e. The fourth-order valence-electron chi connectivity index (χ4n) is 3.40. The predicted octanol–water partition coefficient (Wildman–Crippen LogP) is 4.50. The van der Waals surface area contributed by atoms with Gasteiger partial charge in [0.1, 0.15) is 29.1 Å². The highest BCUT2D eigenvalue weighted by Crippen LogP contribution is 2.45. The van der Waals surface area contributed by atoms with Crippen molar-refractivity contribution in [3.8, 4) is 5.75 Å². The first kappa shape index (κ1) is 23.1. The van der Waals surface area contributed by atoms with E-state index in [0.717, 1.165) is 5.56 Å². The Bertz CT molecular complexity index is 934. The quantitative estimate of drug-likeness (QED) is 0.416. The van der Waals surface area contributed by atoms with Crippen molar-refractivity contribution < 1.29 is 28.2 Å². The average Bonchev–Trinajstić information content (AvgIpc) is 3.14. The number of nitrogens with zero attached hydrogens (tertiary/aromatic N) is 1. The van der Waals surface area contributed by atoms with Crippen molar-refractivity contribution in [3.63, 3.8) is 0 Å². The fraction of sp³-hybridized carbons (Fsp3) is 0.391. The molecule has 1 aliphatic rings. The van der Waals surface area contributed by atoms with Crippen LogP contribution in [-0.2, 0) is 14.3 Å². The molecule has 0 radical (unpaired) electrons. The number of amides is 1.